The normalized spacial score (nSPS) is 11.6. The summed E-state index contributed by atoms with van der Waals surface area (Å²) in [5.74, 6) is -0.892. The number of sulfonamides is 1. The molecule has 0 saturated heterocycles. The molecule has 0 aliphatic carbocycles. The van der Waals surface area contributed by atoms with Crippen molar-refractivity contribution in [2.24, 2.45) is 0 Å². The highest BCUT2D eigenvalue weighted by Gasteiger charge is 2.22. The van der Waals surface area contributed by atoms with E-state index in [1.54, 1.807) is 19.9 Å². The predicted octanol–water partition coefficient (Wildman–Crippen LogP) is 2.44. The Morgan fingerprint density at radius 1 is 1.15 bits per heavy atom. The molecule has 2 N–H and O–H groups in total. The van der Waals surface area contributed by atoms with Crippen LogP contribution in [0.1, 0.15) is 24.4 Å². The summed E-state index contributed by atoms with van der Waals surface area (Å²) in [4.78, 5) is 23.9. The van der Waals surface area contributed by atoms with Gasteiger partial charge in [-0.3, -0.25) is 9.59 Å². The van der Waals surface area contributed by atoms with Crippen molar-refractivity contribution >= 4 is 43.5 Å². The molecular formula is C17H20BrN3O5S. The molecule has 27 heavy (non-hydrogen) atoms. The van der Waals surface area contributed by atoms with Gasteiger partial charge in [-0.25, -0.2) is 8.42 Å². The number of benzene rings is 1. The number of carbonyl (C=O) groups excluding carboxylic acids is 2. The van der Waals surface area contributed by atoms with Crippen LogP contribution in [0.4, 0.5) is 5.69 Å². The van der Waals surface area contributed by atoms with Gasteiger partial charge in [-0.15, -0.1) is 0 Å². The molecule has 0 aliphatic rings. The second kappa shape index (κ2) is 8.68. The van der Waals surface area contributed by atoms with E-state index in [0.717, 1.165) is 0 Å². The lowest BCUT2D eigenvalue weighted by Crippen LogP contribution is -2.33. The fourth-order valence-electron chi connectivity index (χ4n) is 2.04. The molecule has 0 bridgehead atoms. The lowest BCUT2D eigenvalue weighted by molar-refractivity contribution is -0.115. The van der Waals surface area contributed by atoms with Gasteiger partial charge >= 0.3 is 0 Å². The number of carbonyl (C=O) groups is 2. The van der Waals surface area contributed by atoms with Crippen LogP contribution in [0.3, 0.4) is 0 Å². The van der Waals surface area contributed by atoms with Crippen molar-refractivity contribution in [3.8, 4) is 0 Å². The van der Waals surface area contributed by atoms with Crippen LogP contribution >= 0.6 is 15.9 Å². The number of amides is 2. The van der Waals surface area contributed by atoms with Crippen LogP contribution in [0.2, 0.25) is 0 Å². The minimum Gasteiger partial charge on any atom is -0.444 e. The highest BCUT2D eigenvalue weighted by molar-refractivity contribution is 9.10. The van der Waals surface area contributed by atoms with Crippen LogP contribution in [-0.2, 0) is 14.8 Å². The summed E-state index contributed by atoms with van der Waals surface area (Å²) in [6.45, 7) is 3.30. The molecule has 0 radical (unpaired) electrons. The molecule has 2 amide bonds. The molecule has 0 fully saturated rings. The SMILES string of the molecule is CC(C)N(C)S(=O)(=O)c1ccc(NC(=O)CNC(=O)c2ccc(Br)o2)cc1. The Balaban J connectivity index is 1.94. The topological polar surface area (TPSA) is 109 Å². The summed E-state index contributed by atoms with van der Waals surface area (Å²) in [6.07, 6.45) is 0. The molecule has 0 saturated carbocycles. The van der Waals surface area contributed by atoms with E-state index < -0.39 is 21.8 Å². The lowest BCUT2D eigenvalue weighted by atomic mass is 10.3. The van der Waals surface area contributed by atoms with Gasteiger partial charge in [0.1, 0.15) is 0 Å². The Morgan fingerprint density at radius 3 is 2.30 bits per heavy atom. The molecule has 1 heterocycles. The van der Waals surface area contributed by atoms with E-state index in [2.05, 4.69) is 26.6 Å². The number of nitrogens with zero attached hydrogens (tertiary/aromatic N) is 1. The van der Waals surface area contributed by atoms with Gasteiger partial charge in [0, 0.05) is 18.8 Å². The quantitative estimate of drug-likeness (QED) is 0.663. The van der Waals surface area contributed by atoms with Gasteiger partial charge in [0.15, 0.2) is 10.4 Å². The Hall–Kier alpha value is -2.17. The third kappa shape index (κ3) is 5.41. The van der Waals surface area contributed by atoms with E-state index in [4.69, 9.17) is 4.42 Å². The number of anilines is 1. The van der Waals surface area contributed by atoms with Gasteiger partial charge in [0.25, 0.3) is 5.91 Å². The molecule has 146 valence electrons. The fraction of sp³-hybridized carbons (Fsp3) is 0.294. The van der Waals surface area contributed by atoms with Gasteiger partial charge in [-0.2, -0.15) is 4.31 Å². The van der Waals surface area contributed by atoms with Crippen LogP contribution in [0, 0.1) is 0 Å². The number of rotatable bonds is 7. The van der Waals surface area contributed by atoms with Gasteiger partial charge in [-0.05, 0) is 66.2 Å². The largest absolute Gasteiger partial charge is 0.444 e. The average Bonchev–Trinajstić information content (AvgIpc) is 3.06. The maximum absolute atomic E-state index is 12.4. The average molecular weight is 458 g/mol. The third-order valence-corrected chi connectivity index (χ3v) is 6.22. The summed E-state index contributed by atoms with van der Waals surface area (Å²) in [6, 6.07) is 8.69. The number of hydrogen-bond donors (Lipinski definition) is 2. The Bertz CT molecular complexity index is 922. The summed E-state index contributed by atoms with van der Waals surface area (Å²) < 4.78 is 31.6. The fourth-order valence-corrected chi connectivity index (χ4v) is 3.72. The molecule has 0 spiro atoms. The smallest absolute Gasteiger partial charge is 0.287 e. The standard InChI is InChI=1S/C17H20BrN3O5S/c1-11(2)21(3)27(24,25)13-6-4-12(5-7-13)20-16(22)10-19-17(23)14-8-9-15(18)26-14/h4-9,11H,10H2,1-3H3,(H,19,23)(H,20,22). The van der Waals surface area contributed by atoms with Crippen LogP contribution < -0.4 is 10.6 Å². The number of furan rings is 1. The van der Waals surface area contributed by atoms with Crippen LogP contribution in [-0.4, -0.2) is 44.2 Å². The first-order valence-corrected chi connectivity index (χ1v) is 10.3. The highest BCUT2D eigenvalue weighted by atomic mass is 79.9. The van der Waals surface area contributed by atoms with Crippen molar-refractivity contribution < 1.29 is 22.4 Å². The summed E-state index contributed by atoms with van der Waals surface area (Å²) >= 11 is 3.09. The van der Waals surface area contributed by atoms with Gasteiger partial charge in [-0.1, -0.05) is 0 Å². The van der Waals surface area contributed by atoms with Crippen LogP contribution in [0.15, 0.2) is 50.4 Å². The van der Waals surface area contributed by atoms with Crippen molar-refractivity contribution in [3.05, 3.63) is 46.8 Å². The van der Waals surface area contributed by atoms with Crippen molar-refractivity contribution in [1.29, 1.82) is 0 Å². The van der Waals surface area contributed by atoms with E-state index in [0.29, 0.717) is 10.4 Å². The van der Waals surface area contributed by atoms with E-state index in [1.165, 1.54) is 41.7 Å². The van der Waals surface area contributed by atoms with Crippen LogP contribution in [0.5, 0.6) is 0 Å². The molecule has 8 nitrogen and oxygen atoms in total. The molecule has 1 aromatic heterocycles. The van der Waals surface area contributed by atoms with Gasteiger partial charge in [0.2, 0.25) is 15.9 Å². The highest BCUT2D eigenvalue weighted by Crippen LogP contribution is 2.19. The molecule has 2 rings (SSSR count). The second-order valence-corrected chi connectivity index (χ2v) is 8.75. The zero-order chi connectivity index (χ0) is 20.2. The first-order chi connectivity index (χ1) is 12.6. The van der Waals surface area contributed by atoms with Crippen molar-refractivity contribution in [1.82, 2.24) is 9.62 Å². The van der Waals surface area contributed by atoms with Crippen LogP contribution in [0.25, 0.3) is 0 Å². The Kier molecular flexibility index (Phi) is 6.79. The Labute approximate surface area is 166 Å². The molecule has 0 aliphatic heterocycles. The Morgan fingerprint density at radius 2 is 1.78 bits per heavy atom. The zero-order valence-electron chi connectivity index (χ0n) is 15.0. The lowest BCUT2D eigenvalue weighted by Gasteiger charge is -2.21. The van der Waals surface area contributed by atoms with Crippen molar-refractivity contribution in [2.45, 2.75) is 24.8 Å². The first kappa shape index (κ1) is 21.1. The number of nitrogens with one attached hydrogen (secondary N) is 2. The first-order valence-electron chi connectivity index (χ1n) is 8.02. The second-order valence-electron chi connectivity index (χ2n) is 5.97. The van der Waals surface area contributed by atoms with Crippen molar-refractivity contribution in [3.63, 3.8) is 0 Å². The molecule has 2 aromatic rings. The van der Waals surface area contributed by atoms with E-state index in [9.17, 15) is 18.0 Å². The minimum atomic E-state index is -3.58. The number of hydrogen-bond acceptors (Lipinski definition) is 5. The minimum absolute atomic E-state index is 0.0820. The molecule has 10 heteroatoms. The summed E-state index contributed by atoms with van der Waals surface area (Å²) in [5.41, 5.74) is 0.418. The van der Waals surface area contributed by atoms with Gasteiger partial charge in [0.05, 0.1) is 11.4 Å². The predicted molar refractivity (Wildman–Crippen MR) is 104 cm³/mol. The summed E-state index contributed by atoms with van der Waals surface area (Å²) in [7, 11) is -2.07. The zero-order valence-corrected chi connectivity index (χ0v) is 17.4. The van der Waals surface area contributed by atoms with Gasteiger partial charge < -0.3 is 15.1 Å². The molecule has 0 atom stereocenters. The van der Waals surface area contributed by atoms with E-state index in [1.807, 2.05) is 0 Å². The third-order valence-electron chi connectivity index (χ3n) is 3.75. The van der Waals surface area contributed by atoms with E-state index in [-0.39, 0.29) is 23.2 Å². The molecular weight excluding hydrogens is 438 g/mol. The van der Waals surface area contributed by atoms with Crippen molar-refractivity contribution in [2.75, 3.05) is 18.9 Å². The number of halogens is 1. The molecule has 1 aromatic carbocycles. The van der Waals surface area contributed by atoms with E-state index >= 15 is 0 Å². The molecule has 0 unspecified atom stereocenters. The monoisotopic (exact) mass is 457 g/mol. The maximum Gasteiger partial charge on any atom is 0.287 e. The summed E-state index contributed by atoms with van der Waals surface area (Å²) in [5, 5.41) is 5.01. The maximum atomic E-state index is 12.4.